The standard InChI is InChI=1S/C21H21Cl2F2N3O/c1-20(2)16-14(25)8-11(9-15(16)28(3)19(20)29)27-21(6-7-26-10-21)17-13(24)5-4-12(22)18(17)23/h4-5,8-9,26-27H,6-7,10H2,1-3H3. The molecule has 1 fully saturated rings. The maximum Gasteiger partial charge on any atom is 0.237 e. The number of nitrogens with one attached hydrogen (secondary N) is 2. The third-order valence-electron chi connectivity index (χ3n) is 5.96. The molecule has 2 aromatic carbocycles. The average molecular weight is 440 g/mol. The van der Waals surface area contributed by atoms with Crippen LogP contribution in [0.25, 0.3) is 0 Å². The maximum absolute atomic E-state index is 15.1. The SMILES string of the molecule is CN1C(=O)C(C)(C)c2c(F)cc(NC3(c4c(F)ccc(Cl)c4Cl)CCNC3)cc21. The fraction of sp³-hybridized carbons (Fsp3) is 0.381. The average Bonchev–Trinajstić information content (AvgIpc) is 3.17. The van der Waals surface area contributed by atoms with Crippen molar-refractivity contribution in [2.24, 2.45) is 0 Å². The van der Waals surface area contributed by atoms with E-state index in [1.807, 2.05) is 0 Å². The van der Waals surface area contributed by atoms with Gasteiger partial charge in [-0.1, -0.05) is 23.2 Å². The number of carbonyl (C=O) groups excluding carboxylic acids is 1. The molecule has 4 rings (SSSR count). The lowest BCUT2D eigenvalue weighted by molar-refractivity contribution is -0.121. The predicted molar refractivity (Wildman–Crippen MR) is 112 cm³/mol. The zero-order chi connectivity index (χ0) is 21.1. The van der Waals surface area contributed by atoms with Crippen molar-refractivity contribution in [3.8, 4) is 0 Å². The number of hydrogen-bond donors (Lipinski definition) is 2. The third-order valence-corrected chi connectivity index (χ3v) is 6.76. The topological polar surface area (TPSA) is 44.4 Å². The number of likely N-dealkylation sites (N-methyl/N-ethyl adjacent to an activating group) is 1. The van der Waals surface area contributed by atoms with Gasteiger partial charge in [0, 0.05) is 30.4 Å². The van der Waals surface area contributed by atoms with Gasteiger partial charge in [0.25, 0.3) is 0 Å². The molecule has 154 valence electrons. The van der Waals surface area contributed by atoms with Gasteiger partial charge in [-0.3, -0.25) is 4.79 Å². The predicted octanol–water partition coefficient (Wildman–Crippen LogP) is 4.83. The van der Waals surface area contributed by atoms with Crippen LogP contribution in [-0.2, 0) is 15.7 Å². The highest BCUT2D eigenvalue weighted by Gasteiger charge is 2.45. The molecule has 2 heterocycles. The van der Waals surface area contributed by atoms with Crippen molar-refractivity contribution in [2.75, 3.05) is 30.4 Å². The Morgan fingerprint density at radius 2 is 1.86 bits per heavy atom. The summed E-state index contributed by atoms with van der Waals surface area (Å²) >= 11 is 12.5. The van der Waals surface area contributed by atoms with Gasteiger partial charge >= 0.3 is 0 Å². The fourth-order valence-corrected chi connectivity index (χ4v) is 4.99. The molecule has 2 N–H and O–H groups in total. The molecule has 0 spiro atoms. The highest BCUT2D eigenvalue weighted by molar-refractivity contribution is 6.42. The van der Waals surface area contributed by atoms with Gasteiger partial charge < -0.3 is 15.5 Å². The summed E-state index contributed by atoms with van der Waals surface area (Å²) in [5, 5.41) is 6.89. The number of halogens is 4. The van der Waals surface area contributed by atoms with Crippen molar-refractivity contribution < 1.29 is 13.6 Å². The molecule has 1 unspecified atom stereocenters. The Balaban J connectivity index is 1.82. The minimum Gasteiger partial charge on any atom is -0.374 e. The first-order valence-electron chi connectivity index (χ1n) is 9.33. The van der Waals surface area contributed by atoms with Gasteiger partial charge in [-0.05, 0) is 51.1 Å². The highest BCUT2D eigenvalue weighted by atomic mass is 35.5. The summed E-state index contributed by atoms with van der Waals surface area (Å²) in [6.07, 6.45) is 0.531. The molecular formula is C21H21Cl2F2N3O. The molecule has 0 bridgehead atoms. The Labute approximate surface area is 178 Å². The van der Waals surface area contributed by atoms with Gasteiger partial charge in [0.1, 0.15) is 11.6 Å². The molecule has 0 saturated carbocycles. The molecule has 1 amide bonds. The lowest BCUT2D eigenvalue weighted by atomic mass is 9.85. The zero-order valence-corrected chi connectivity index (χ0v) is 17.8. The van der Waals surface area contributed by atoms with Crippen molar-refractivity contribution in [1.29, 1.82) is 0 Å². The van der Waals surface area contributed by atoms with Crippen LogP contribution in [0.3, 0.4) is 0 Å². The Bertz CT molecular complexity index is 1020. The van der Waals surface area contributed by atoms with Gasteiger partial charge in [0.2, 0.25) is 5.91 Å². The van der Waals surface area contributed by atoms with E-state index in [1.54, 1.807) is 27.0 Å². The molecule has 29 heavy (non-hydrogen) atoms. The van der Waals surface area contributed by atoms with E-state index in [0.717, 1.165) is 0 Å². The molecule has 1 atom stereocenters. The van der Waals surface area contributed by atoms with Crippen molar-refractivity contribution in [3.05, 3.63) is 57.1 Å². The van der Waals surface area contributed by atoms with E-state index >= 15 is 4.39 Å². The molecule has 2 aromatic rings. The van der Waals surface area contributed by atoms with Crippen LogP contribution in [0.5, 0.6) is 0 Å². The molecule has 8 heteroatoms. The second-order valence-electron chi connectivity index (χ2n) is 8.19. The number of benzene rings is 2. The molecule has 0 aromatic heterocycles. The number of anilines is 2. The molecule has 2 aliphatic rings. The molecule has 1 saturated heterocycles. The smallest absolute Gasteiger partial charge is 0.237 e. The van der Waals surface area contributed by atoms with Crippen LogP contribution in [-0.4, -0.2) is 26.0 Å². The van der Waals surface area contributed by atoms with E-state index in [4.69, 9.17) is 23.2 Å². The van der Waals surface area contributed by atoms with E-state index < -0.39 is 22.6 Å². The minimum atomic E-state index is -0.943. The Morgan fingerprint density at radius 1 is 1.14 bits per heavy atom. The normalized spacial score (nSPS) is 22.9. The first-order chi connectivity index (χ1) is 13.6. The number of hydrogen-bond acceptors (Lipinski definition) is 3. The number of fused-ring (bicyclic) bond motifs is 1. The van der Waals surface area contributed by atoms with Crippen LogP contribution in [0.4, 0.5) is 20.2 Å². The first-order valence-corrected chi connectivity index (χ1v) is 10.1. The van der Waals surface area contributed by atoms with Gasteiger partial charge in [-0.2, -0.15) is 0 Å². The van der Waals surface area contributed by atoms with Gasteiger partial charge in [-0.25, -0.2) is 8.78 Å². The van der Waals surface area contributed by atoms with E-state index in [9.17, 15) is 9.18 Å². The number of rotatable bonds is 3. The number of amides is 1. The summed E-state index contributed by atoms with van der Waals surface area (Å²) in [7, 11) is 1.62. The first kappa shape index (κ1) is 20.4. The largest absolute Gasteiger partial charge is 0.374 e. The van der Waals surface area contributed by atoms with Crippen molar-refractivity contribution >= 4 is 40.5 Å². The maximum atomic E-state index is 15.1. The monoisotopic (exact) mass is 439 g/mol. The van der Waals surface area contributed by atoms with Gasteiger partial charge in [0.15, 0.2) is 0 Å². The molecule has 4 nitrogen and oxygen atoms in total. The van der Waals surface area contributed by atoms with Crippen LogP contribution in [0, 0.1) is 11.6 Å². The van der Waals surface area contributed by atoms with E-state index in [0.29, 0.717) is 36.4 Å². The lowest BCUT2D eigenvalue weighted by Crippen LogP contribution is -2.39. The molecular weight excluding hydrogens is 419 g/mol. The molecule has 0 radical (unpaired) electrons. The van der Waals surface area contributed by atoms with E-state index in [1.165, 1.54) is 23.1 Å². The fourth-order valence-electron chi connectivity index (χ4n) is 4.50. The molecule has 0 aliphatic carbocycles. The minimum absolute atomic E-state index is 0.137. The molecule has 2 aliphatic heterocycles. The summed E-state index contributed by atoms with van der Waals surface area (Å²) in [6, 6.07) is 5.77. The van der Waals surface area contributed by atoms with Crippen LogP contribution in [0.2, 0.25) is 10.0 Å². The van der Waals surface area contributed by atoms with E-state index in [-0.39, 0.29) is 21.5 Å². The zero-order valence-electron chi connectivity index (χ0n) is 16.3. The number of carbonyl (C=O) groups is 1. The Kier molecular flexibility index (Phi) is 4.80. The van der Waals surface area contributed by atoms with E-state index in [2.05, 4.69) is 10.6 Å². The second-order valence-corrected chi connectivity index (χ2v) is 8.98. The van der Waals surface area contributed by atoms with Gasteiger partial charge in [-0.15, -0.1) is 0 Å². The Hall–Kier alpha value is -1.89. The number of nitrogens with zero attached hydrogens (tertiary/aromatic N) is 1. The van der Waals surface area contributed by atoms with Crippen LogP contribution in [0.15, 0.2) is 24.3 Å². The summed E-state index contributed by atoms with van der Waals surface area (Å²) in [4.78, 5) is 14.0. The summed E-state index contributed by atoms with van der Waals surface area (Å²) in [5.41, 5.74) is -0.284. The summed E-state index contributed by atoms with van der Waals surface area (Å²) in [5.74, 6) is -1.14. The van der Waals surface area contributed by atoms with Crippen molar-refractivity contribution in [2.45, 2.75) is 31.2 Å². The van der Waals surface area contributed by atoms with Crippen molar-refractivity contribution in [3.63, 3.8) is 0 Å². The summed E-state index contributed by atoms with van der Waals surface area (Å²) in [6.45, 7) is 4.44. The quantitative estimate of drug-likeness (QED) is 0.673. The van der Waals surface area contributed by atoms with Crippen LogP contribution in [0.1, 0.15) is 31.4 Å². The summed E-state index contributed by atoms with van der Waals surface area (Å²) < 4.78 is 29.9. The Morgan fingerprint density at radius 3 is 2.52 bits per heavy atom. The highest BCUT2D eigenvalue weighted by Crippen LogP contribution is 2.46. The van der Waals surface area contributed by atoms with Crippen LogP contribution < -0.4 is 15.5 Å². The second kappa shape index (κ2) is 6.83. The third kappa shape index (κ3) is 3.00. The lowest BCUT2D eigenvalue weighted by Gasteiger charge is -2.33. The van der Waals surface area contributed by atoms with Gasteiger partial charge in [0.05, 0.1) is 26.7 Å². The van der Waals surface area contributed by atoms with Crippen LogP contribution >= 0.6 is 23.2 Å². The van der Waals surface area contributed by atoms with Crippen molar-refractivity contribution in [1.82, 2.24) is 5.32 Å².